The van der Waals surface area contributed by atoms with Crippen LogP contribution in [0.1, 0.15) is 42.3 Å². The van der Waals surface area contributed by atoms with Crippen LogP contribution >= 0.6 is 22.9 Å². The van der Waals surface area contributed by atoms with E-state index in [0.29, 0.717) is 21.1 Å². The first-order valence-electron chi connectivity index (χ1n) is 8.56. The van der Waals surface area contributed by atoms with E-state index < -0.39 is 0 Å². The van der Waals surface area contributed by atoms with Gasteiger partial charge in [-0.15, -0.1) is 11.3 Å². The van der Waals surface area contributed by atoms with E-state index in [0.717, 1.165) is 24.4 Å². The first-order valence-corrected chi connectivity index (χ1v) is 9.76. The van der Waals surface area contributed by atoms with E-state index >= 15 is 0 Å². The number of piperidine rings is 1. The summed E-state index contributed by atoms with van der Waals surface area (Å²) in [6.45, 7) is 5.28. The van der Waals surface area contributed by atoms with Gasteiger partial charge in [0.25, 0.3) is 5.91 Å². The van der Waals surface area contributed by atoms with Crippen molar-refractivity contribution in [1.29, 1.82) is 0 Å². The number of carbonyl (C=O) groups excluding carboxylic acids is 1. The Balaban J connectivity index is 1.54. The van der Waals surface area contributed by atoms with Crippen LogP contribution in [0, 0.1) is 5.82 Å². The van der Waals surface area contributed by atoms with Gasteiger partial charge in [-0.2, -0.15) is 0 Å². The highest BCUT2D eigenvalue weighted by molar-refractivity contribution is 7.21. The van der Waals surface area contributed by atoms with Crippen molar-refractivity contribution in [2.24, 2.45) is 0 Å². The molecule has 2 atom stereocenters. The zero-order valence-corrected chi connectivity index (χ0v) is 15.4. The lowest BCUT2D eigenvalue weighted by molar-refractivity contribution is -0.928. The molecule has 0 saturated carbocycles. The molecule has 1 fully saturated rings. The number of halogens is 2. The molecule has 0 spiro atoms. The molecular weight excluding hydrogens is 347 g/mol. The molecule has 130 valence electrons. The van der Waals surface area contributed by atoms with Crippen LogP contribution in [0.4, 0.5) is 4.39 Å². The quantitative estimate of drug-likeness (QED) is 0.779. The fourth-order valence-electron chi connectivity index (χ4n) is 3.41. The summed E-state index contributed by atoms with van der Waals surface area (Å²) in [5.41, 5.74) is 0. The van der Waals surface area contributed by atoms with Gasteiger partial charge in [-0.1, -0.05) is 11.6 Å². The van der Waals surface area contributed by atoms with E-state index in [1.807, 2.05) is 0 Å². The van der Waals surface area contributed by atoms with Gasteiger partial charge >= 0.3 is 0 Å². The number of hydrogen-bond donors (Lipinski definition) is 2. The monoisotopic (exact) mass is 369 g/mol. The number of rotatable bonds is 5. The van der Waals surface area contributed by atoms with E-state index in [9.17, 15) is 9.18 Å². The molecule has 6 heteroatoms. The Bertz CT molecular complexity index is 733. The Morgan fingerprint density at radius 2 is 2.29 bits per heavy atom. The minimum atomic E-state index is -0.314. The Morgan fingerprint density at radius 1 is 1.46 bits per heavy atom. The van der Waals surface area contributed by atoms with Gasteiger partial charge < -0.3 is 10.2 Å². The zero-order chi connectivity index (χ0) is 17.1. The average Bonchev–Trinajstić information content (AvgIpc) is 2.89. The van der Waals surface area contributed by atoms with Crippen molar-refractivity contribution in [2.75, 3.05) is 19.6 Å². The van der Waals surface area contributed by atoms with Gasteiger partial charge in [-0.3, -0.25) is 4.79 Å². The minimum Gasteiger partial charge on any atom is -0.351 e. The first kappa shape index (κ1) is 17.6. The van der Waals surface area contributed by atoms with E-state index in [1.165, 1.54) is 49.3 Å². The Labute approximate surface area is 150 Å². The molecule has 1 aromatic carbocycles. The van der Waals surface area contributed by atoms with Crippen LogP contribution in [0.2, 0.25) is 5.02 Å². The fraction of sp³-hybridized carbons (Fsp3) is 0.500. The highest BCUT2D eigenvalue weighted by Gasteiger charge is 2.21. The molecule has 3 nitrogen and oxygen atoms in total. The third kappa shape index (κ3) is 3.90. The lowest BCUT2D eigenvalue weighted by atomic mass is 10.0. The molecule has 24 heavy (non-hydrogen) atoms. The van der Waals surface area contributed by atoms with Crippen molar-refractivity contribution in [3.05, 3.63) is 33.9 Å². The zero-order valence-electron chi connectivity index (χ0n) is 13.8. The number of carbonyl (C=O) groups is 1. The van der Waals surface area contributed by atoms with Crippen LogP contribution in [0.3, 0.4) is 0 Å². The third-order valence-corrected chi connectivity index (χ3v) is 6.50. The molecule has 0 aliphatic carbocycles. The third-order valence-electron chi connectivity index (χ3n) is 4.84. The molecule has 2 aromatic rings. The number of likely N-dealkylation sites (tertiary alicyclic amines) is 1. The predicted molar refractivity (Wildman–Crippen MR) is 97.8 cm³/mol. The smallest absolute Gasteiger partial charge is 0.262 e. The van der Waals surface area contributed by atoms with Gasteiger partial charge in [0.2, 0.25) is 0 Å². The van der Waals surface area contributed by atoms with Crippen molar-refractivity contribution in [3.63, 3.8) is 0 Å². The molecule has 1 amide bonds. The van der Waals surface area contributed by atoms with Crippen LogP contribution in [0.5, 0.6) is 0 Å². The molecule has 1 aliphatic rings. The number of quaternary nitrogens is 1. The Kier molecular flexibility index (Phi) is 5.74. The fourth-order valence-corrected chi connectivity index (χ4v) is 4.87. The summed E-state index contributed by atoms with van der Waals surface area (Å²) in [7, 11) is 0. The van der Waals surface area contributed by atoms with Crippen molar-refractivity contribution in [3.8, 4) is 0 Å². The molecule has 0 radical (unpaired) electrons. The largest absolute Gasteiger partial charge is 0.351 e. The average molecular weight is 370 g/mol. The van der Waals surface area contributed by atoms with Crippen LogP contribution < -0.4 is 10.2 Å². The molecule has 1 unspecified atom stereocenters. The second-order valence-electron chi connectivity index (χ2n) is 6.55. The summed E-state index contributed by atoms with van der Waals surface area (Å²) in [5.74, 6) is -0.477. The van der Waals surface area contributed by atoms with Crippen LogP contribution in [0.15, 0.2) is 18.2 Å². The number of benzene rings is 1. The van der Waals surface area contributed by atoms with Crippen molar-refractivity contribution < 1.29 is 14.1 Å². The number of thiophene rings is 1. The molecule has 1 aromatic heterocycles. The lowest BCUT2D eigenvalue weighted by Gasteiger charge is -2.30. The molecule has 2 heterocycles. The normalized spacial score (nSPS) is 21.1. The molecular formula is C18H23ClFN2OS+. The molecule has 3 rings (SSSR count). The van der Waals surface area contributed by atoms with E-state index in [4.69, 9.17) is 11.6 Å². The van der Waals surface area contributed by atoms with Gasteiger partial charge in [0.15, 0.2) is 0 Å². The summed E-state index contributed by atoms with van der Waals surface area (Å²) in [6, 6.07) is 5.14. The highest BCUT2D eigenvalue weighted by Crippen LogP contribution is 2.35. The SMILES string of the molecule is C[C@@H]1CCCC[NH+]1CCCNC(=O)c1sc2cc(F)ccc2c1Cl. The van der Waals surface area contributed by atoms with Gasteiger partial charge in [-0.25, -0.2) is 4.39 Å². The summed E-state index contributed by atoms with van der Waals surface area (Å²) in [6.07, 6.45) is 4.91. The van der Waals surface area contributed by atoms with E-state index in [2.05, 4.69) is 12.2 Å². The van der Waals surface area contributed by atoms with Crippen molar-refractivity contribution in [1.82, 2.24) is 5.32 Å². The first-order chi connectivity index (χ1) is 11.6. The number of amides is 1. The molecule has 1 aliphatic heterocycles. The van der Waals surface area contributed by atoms with Crippen LogP contribution in [0.25, 0.3) is 10.1 Å². The Hall–Kier alpha value is -1.17. The lowest BCUT2D eigenvalue weighted by Crippen LogP contribution is -3.16. The maximum atomic E-state index is 13.3. The van der Waals surface area contributed by atoms with Gasteiger partial charge in [0.05, 0.1) is 24.2 Å². The summed E-state index contributed by atoms with van der Waals surface area (Å²) < 4.78 is 14.0. The van der Waals surface area contributed by atoms with Crippen LogP contribution in [-0.4, -0.2) is 31.6 Å². The van der Waals surface area contributed by atoms with Crippen LogP contribution in [-0.2, 0) is 0 Å². The second kappa shape index (κ2) is 7.81. The van der Waals surface area contributed by atoms with E-state index in [-0.39, 0.29) is 11.7 Å². The molecule has 2 N–H and O–H groups in total. The standard InChI is InChI=1S/C18H22ClFN2OS/c1-12-5-2-3-9-22(12)10-4-8-21-18(23)17-16(19)14-7-6-13(20)11-15(14)24-17/h6-7,11-12H,2-5,8-10H2,1H3,(H,21,23)/p+1/t12-/m1/s1. The predicted octanol–water partition coefficient (Wildman–Crippen LogP) is 3.27. The van der Waals surface area contributed by atoms with Gasteiger partial charge in [-0.05, 0) is 44.4 Å². The number of fused-ring (bicyclic) bond motifs is 1. The number of nitrogens with one attached hydrogen (secondary N) is 2. The van der Waals surface area contributed by atoms with Gasteiger partial charge in [0.1, 0.15) is 10.7 Å². The minimum absolute atomic E-state index is 0.164. The van der Waals surface area contributed by atoms with Crippen molar-refractivity contribution >= 4 is 38.9 Å². The van der Waals surface area contributed by atoms with E-state index in [1.54, 1.807) is 11.0 Å². The summed E-state index contributed by atoms with van der Waals surface area (Å²) in [4.78, 5) is 14.5. The number of hydrogen-bond acceptors (Lipinski definition) is 2. The molecule has 1 saturated heterocycles. The summed E-state index contributed by atoms with van der Waals surface area (Å²) in [5, 5.41) is 4.10. The van der Waals surface area contributed by atoms with Crippen molar-refractivity contribution in [2.45, 2.75) is 38.6 Å². The van der Waals surface area contributed by atoms with Gasteiger partial charge in [0, 0.05) is 23.1 Å². The maximum absolute atomic E-state index is 13.3. The molecule has 0 bridgehead atoms. The Morgan fingerprint density at radius 3 is 3.08 bits per heavy atom. The maximum Gasteiger partial charge on any atom is 0.262 e. The topological polar surface area (TPSA) is 33.5 Å². The highest BCUT2D eigenvalue weighted by atomic mass is 35.5. The second-order valence-corrected chi connectivity index (χ2v) is 7.98. The summed E-state index contributed by atoms with van der Waals surface area (Å²) >= 11 is 7.52.